The predicted octanol–water partition coefficient (Wildman–Crippen LogP) is 2.75. The number of benzene rings is 2. The molecule has 0 aliphatic heterocycles. The van der Waals surface area contributed by atoms with Crippen molar-refractivity contribution < 1.29 is 8.42 Å². The number of aromatic amines is 1. The summed E-state index contributed by atoms with van der Waals surface area (Å²) in [5.41, 5.74) is 3.31. The Hall–Kier alpha value is -2.74. The Morgan fingerprint density at radius 2 is 1.92 bits per heavy atom. The molecule has 0 saturated heterocycles. The molecule has 0 saturated carbocycles. The van der Waals surface area contributed by atoms with Gasteiger partial charge in [-0.15, -0.1) is 15.9 Å². The third-order valence-corrected chi connectivity index (χ3v) is 5.34. The number of H-pyrrole nitrogens is 1. The van der Waals surface area contributed by atoms with Gasteiger partial charge in [0.25, 0.3) is 0 Å². The van der Waals surface area contributed by atoms with Crippen molar-refractivity contribution in [3.63, 3.8) is 0 Å². The monoisotopic (exact) mass is 340 g/mol. The van der Waals surface area contributed by atoms with Gasteiger partial charge in [-0.25, -0.2) is 8.42 Å². The number of nitrogens with zero attached hydrogens (tertiary/aromatic N) is 4. The van der Waals surface area contributed by atoms with Crippen LogP contribution in [0.1, 0.15) is 17.5 Å². The first-order valence-electron chi connectivity index (χ1n) is 7.55. The molecule has 0 fully saturated rings. The van der Waals surface area contributed by atoms with Crippen molar-refractivity contribution in [1.82, 2.24) is 20.6 Å². The fourth-order valence-electron chi connectivity index (χ4n) is 2.89. The summed E-state index contributed by atoms with van der Waals surface area (Å²) in [5, 5.41) is 13.6. The van der Waals surface area contributed by atoms with Crippen molar-refractivity contribution in [3.8, 4) is 11.4 Å². The number of sulfonamides is 1. The zero-order chi connectivity index (χ0) is 16.6. The second kappa shape index (κ2) is 5.72. The summed E-state index contributed by atoms with van der Waals surface area (Å²) in [6, 6.07) is 12.0. The summed E-state index contributed by atoms with van der Waals surface area (Å²) in [4.78, 5) is 0.230. The molecule has 0 atom stereocenters. The third-order valence-electron chi connectivity index (χ3n) is 4.04. The zero-order valence-electron chi connectivity index (χ0n) is 12.7. The van der Waals surface area contributed by atoms with Crippen molar-refractivity contribution in [2.75, 3.05) is 0 Å². The van der Waals surface area contributed by atoms with Gasteiger partial charge in [-0.1, -0.05) is 30.3 Å². The van der Waals surface area contributed by atoms with Gasteiger partial charge in [0, 0.05) is 5.56 Å². The Kier molecular flexibility index (Phi) is 3.53. The molecule has 2 aromatic carbocycles. The van der Waals surface area contributed by atoms with Crippen LogP contribution in [-0.4, -0.2) is 29.0 Å². The van der Waals surface area contributed by atoms with Crippen LogP contribution in [0.3, 0.4) is 0 Å². The number of aryl methyl sites for hydroxylation is 2. The van der Waals surface area contributed by atoms with E-state index in [0.29, 0.717) is 17.1 Å². The quantitative estimate of drug-likeness (QED) is 0.786. The second-order valence-electron chi connectivity index (χ2n) is 5.64. The molecule has 7 nitrogen and oxygen atoms in total. The van der Waals surface area contributed by atoms with Crippen LogP contribution in [0.4, 0.5) is 5.69 Å². The standard InChI is InChI=1S/C16H14N5O2S/c22-24(23,15-8-7-11-3-1-4-12(11)10-15)19-14-6-2-5-13(9-14)16-17-20-21-18-16/h2,5-10H,1,3-4H2,(H,17,18,20,21)/q-1. The van der Waals surface area contributed by atoms with E-state index in [2.05, 4.69) is 25.3 Å². The molecule has 1 aliphatic rings. The summed E-state index contributed by atoms with van der Waals surface area (Å²) in [5.74, 6) is 0.391. The van der Waals surface area contributed by atoms with Crippen molar-refractivity contribution >= 4 is 15.7 Å². The molecule has 4 rings (SSSR count). The first-order valence-corrected chi connectivity index (χ1v) is 8.99. The molecule has 1 aromatic heterocycles. The fraction of sp³-hybridized carbons (Fsp3) is 0.188. The van der Waals surface area contributed by atoms with Gasteiger partial charge in [0.05, 0.1) is 4.90 Å². The summed E-state index contributed by atoms with van der Waals surface area (Å²) in [7, 11) is -3.76. The van der Waals surface area contributed by atoms with Crippen LogP contribution in [0.5, 0.6) is 0 Å². The van der Waals surface area contributed by atoms with E-state index in [4.69, 9.17) is 0 Å². The molecule has 0 radical (unpaired) electrons. The maximum Gasteiger partial charge on any atom is 0.204 e. The zero-order valence-corrected chi connectivity index (χ0v) is 13.5. The van der Waals surface area contributed by atoms with Crippen LogP contribution in [0.25, 0.3) is 16.1 Å². The number of nitrogens with one attached hydrogen (secondary N) is 1. The summed E-state index contributed by atoms with van der Waals surface area (Å²) < 4.78 is 29.1. The van der Waals surface area contributed by atoms with Gasteiger partial charge >= 0.3 is 0 Å². The van der Waals surface area contributed by atoms with Gasteiger partial charge in [-0.2, -0.15) is 5.21 Å². The van der Waals surface area contributed by atoms with Gasteiger partial charge < -0.3 is 4.72 Å². The molecule has 0 spiro atoms. The molecule has 0 bridgehead atoms. The maximum absolute atomic E-state index is 12.6. The number of aromatic nitrogens is 4. The molecular weight excluding hydrogens is 326 g/mol. The van der Waals surface area contributed by atoms with Crippen molar-refractivity contribution in [2.45, 2.75) is 24.2 Å². The van der Waals surface area contributed by atoms with E-state index in [-0.39, 0.29) is 4.90 Å². The lowest BCUT2D eigenvalue weighted by molar-refractivity contribution is 0.603. The molecule has 122 valence electrons. The number of fused-ring (bicyclic) bond motifs is 1. The maximum atomic E-state index is 12.6. The van der Waals surface area contributed by atoms with Crippen molar-refractivity contribution in [3.05, 3.63) is 58.3 Å². The lowest BCUT2D eigenvalue weighted by Gasteiger charge is -2.22. The van der Waals surface area contributed by atoms with Crippen molar-refractivity contribution in [2.24, 2.45) is 0 Å². The fourth-order valence-corrected chi connectivity index (χ4v) is 3.91. The Labute approximate surface area is 139 Å². The topological polar surface area (TPSA) is 103 Å². The lowest BCUT2D eigenvalue weighted by Crippen LogP contribution is -1.99. The van der Waals surface area contributed by atoms with Gasteiger partial charge in [-0.05, 0) is 47.7 Å². The summed E-state index contributed by atoms with van der Waals surface area (Å²) in [6.07, 6.45) is 3.01. The Morgan fingerprint density at radius 3 is 2.75 bits per heavy atom. The molecule has 1 aliphatic carbocycles. The summed E-state index contributed by atoms with van der Waals surface area (Å²) in [6.45, 7) is 0. The first-order chi connectivity index (χ1) is 11.6. The molecule has 1 heterocycles. The highest BCUT2D eigenvalue weighted by Crippen LogP contribution is 2.32. The highest BCUT2D eigenvalue weighted by Gasteiger charge is 2.14. The number of hydrogen-bond acceptors (Lipinski definition) is 5. The van der Waals surface area contributed by atoms with Crippen LogP contribution in [-0.2, 0) is 22.9 Å². The molecule has 3 aromatic rings. The smallest absolute Gasteiger partial charge is 0.204 e. The Balaban J connectivity index is 1.63. The first kappa shape index (κ1) is 14.8. The van der Waals surface area contributed by atoms with Crippen LogP contribution >= 0.6 is 0 Å². The van der Waals surface area contributed by atoms with E-state index in [0.717, 1.165) is 24.8 Å². The molecule has 8 heteroatoms. The van der Waals surface area contributed by atoms with E-state index in [9.17, 15) is 8.42 Å². The molecular formula is C16H14N5O2S-. The van der Waals surface area contributed by atoms with Gasteiger partial charge in [-0.3, -0.25) is 0 Å². The molecule has 24 heavy (non-hydrogen) atoms. The molecule has 0 amide bonds. The van der Waals surface area contributed by atoms with Gasteiger partial charge in [0.1, 0.15) is 10.0 Å². The highest BCUT2D eigenvalue weighted by atomic mass is 32.2. The average Bonchev–Trinajstić information content (AvgIpc) is 3.25. The number of tetrazole rings is 1. The Bertz CT molecular complexity index is 983. The van der Waals surface area contributed by atoms with E-state index in [1.165, 1.54) is 5.56 Å². The predicted molar refractivity (Wildman–Crippen MR) is 88.3 cm³/mol. The Morgan fingerprint density at radius 1 is 1.04 bits per heavy atom. The van der Waals surface area contributed by atoms with Crippen LogP contribution < -0.4 is 0 Å². The van der Waals surface area contributed by atoms with E-state index in [1.54, 1.807) is 36.4 Å². The SMILES string of the molecule is O=S(=O)([N-]c1cccc(-c2nn[nH]n2)c1)c1ccc2c(c1)CCC2. The molecule has 0 unspecified atom stereocenters. The summed E-state index contributed by atoms with van der Waals surface area (Å²) >= 11 is 0. The van der Waals surface area contributed by atoms with Gasteiger partial charge in [0.15, 0.2) is 0 Å². The average molecular weight is 340 g/mol. The van der Waals surface area contributed by atoms with E-state index >= 15 is 0 Å². The van der Waals surface area contributed by atoms with Gasteiger partial charge in [0.2, 0.25) is 5.82 Å². The minimum Gasteiger partial charge on any atom is -0.573 e. The second-order valence-corrected chi connectivity index (χ2v) is 7.24. The largest absolute Gasteiger partial charge is 0.573 e. The third kappa shape index (κ3) is 2.76. The normalized spacial score (nSPS) is 13.7. The van der Waals surface area contributed by atoms with E-state index < -0.39 is 10.0 Å². The lowest BCUT2D eigenvalue weighted by atomic mass is 10.1. The van der Waals surface area contributed by atoms with Crippen LogP contribution in [0, 0.1) is 0 Å². The van der Waals surface area contributed by atoms with Crippen LogP contribution in [0.15, 0.2) is 47.4 Å². The minimum absolute atomic E-state index is 0.230. The van der Waals surface area contributed by atoms with Crippen molar-refractivity contribution in [1.29, 1.82) is 0 Å². The highest BCUT2D eigenvalue weighted by molar-refractivity contribution is 7.94. The minimum atomic E-state index is -3.76. The van der Waals surface area contributed by atoms with Crippen LogP contribution in [0.2, 0.25) is 0 Å². The number of rotatable bonds is 4. The number of hydrogen-bond donors (Lipinski definition) is 1. The van der Waals surface area contributed by atoms with E-state index in [1.807, 2.05) is 6.07 Å². The molecule has 1 N–H and O–H groups in total.